The molecule has 1 aliphatic heterocycles. The quantitative estimate of drug-likeness (QED) is 0.415. The molecule has 0 amide bonds. The molecule has 0 aliphatic carbocycles. The maximum absolute atomic E-state index is 11.5. The summed E-state index contributed by atoms with van der Waals surface area (Å²) in [6, 6.07) is 0. The zero-order valence-corrected chi connectivity index (χ0v) is 13.9. The van der Waals surface area contributed by atoms with Gasteiger partial charge >= 0.3 is 17.9 Å². The highest BCUT2D eigenvalue weighted by atomic mass is 16.6. The van der Waals surface area contributed by atoms with Gasteiger partial charge < -0.3 is 18.9 Å². The minimum Gasteiger partial charge on any atom is -0.456 e. The Labute approximate surface area is 135 Å². The molecule has 130 valence electrons. The van der Waals surface area contributed by atoms with Gasteiger partial charge in [-0.3, -0.25) is 14.4 Å². The summed E-state index contributed by atoms with van der Waals surface area (Å²) in [5.41, 5.74) is 0. The number of hydrogen-bond acceptors (Lipinski definition) is 7. The van der Waals surface area contributed by atoms with E-state index in [4.69, 9.17) is 18.9 Å². The molecule has 1 aliphatic rings. The summed E-state index contributed by atoms with van der Waals surface area (Å²) in [4.78, 5) is 34.3. The normalized spacial score (nSPS) is 30.2. The van der Waals surface area contributed by atoms with Crippen LogP contribution in [0.15, 0.2) is 12.7 Å². The molecule has 7 heteroatoms. The Morgan fingerprint density at radius 1 is 0.913 bits per heavy atom. The molecule has 0 aromatic heterocycles. The van der Waals surface area contributed by atoms with Gasteiger partial charge in [0.2, 0.25) is 0 Å². The van der Waals surface area contributed by atoms with Crippen molar-refractivity contribution in [3.8, 4) is 0 Å². The molecule has 1 heterocycles. The van der Waals surface area contributed by atoms with Crippen LogP contribution in [0.5, 0.6) is 0 Å². The van der Waals surface area contributed by atoms with Gasteiger partial charge in [-0.15, -0.1) is 6.58 Å². The molecule has 0 bridgehead atoms. The lowest BCUT2D eigenvalue weighted by Gasteiger charge is -2.44. The number of hydrogen-bond donors (Lipinski definition) is 0. The van der Waals surface area contributed by atoms with E-state index in [-0.39, 0.29) is 0 Å². The monoisotopic (exact) mass is 328 g/mol. The second-order valence-electron chi connectivity index (χ2n) is 5.37. The van der Waals surface area contributed by atoms with Gasteiger partial charge in [0.25, 0.3) is 0 Å². The average Bonchev–Trinajstić information content (AvgIpc) is 2.43. The molecule has 0 aromatic carbocycles. The predicted molar refractivity (Wildman–Crippen MR) is 80.4 cm³/mol. The van der Waals surface area contributed by atoms with Gasteiger partial charge in [-0.2, -0.15) is 0 Å². The van der Waals surface area contributed by atoms with E-state index in [0.717, 1.165) is 0 Å². The first-order chi connectivity index (χ1) is 10.8. The lowest BCUT2D eigenvalue weighted by molar-refractivity contribution is -0.246. The molecule has 7 nitrogen and oxygen atoms in total. The van der Waals surface area contributed by atoms with Crippen LogP contribution in [-0.4, -0.2) is 48.4 Å². The van der Waals surface area contributed by atoms with Crippen LogP contribution in [0.4, 0.5) is 0 Å². The number of carbonyl (C=O) groups is 3. The first-order valence-electron chi connectivity index (χ1n) is 7.58. The van der Waals surface area contributed by atoms with Crippen molar-refractivity contribution in [2.24, 2.45) is 0 Å². The van der Waals surface area contributed by atoms with E-state index in [1.54, 1.807) is 6.08 Å². The van der Waals surface area contributed by atoms with Crippen molar-refractivity contribution in [1.82, 2.24) is 0 Å². The Hall–Kier alpha value is -1.89. The summed E-state index contributed by atoms with van der Waals surface area (Å²) >= 11 is 0. The van der Waals surface area contributed by atoms with E-state index >= 15 is 0 Å². The van der Waals surface area contributed by atoms with E-state index in [1.165, 1.54) is 20.8 Å². The molecule has 1 rings (SSSR count). The Kier molecular flexibility index (Phi) is 7.22. The highest BCUT2D eigenvalue weighted by molar-refractivity contribution is 5.68. The fourth-order valence-electron chi connectivity index (χ4n) is 2.67. The molecule has 1 fully saturated rings. The number of rotatable bonds is 6. The van der Waals surface area contributed by atoms with Crippen molar-refractivity contribution in [1.29, 1.82) is 0 Å². The third kappa shape index (κ3) is 5.35. The van der Waals surface area contributed by atoms with Gasteiger partial charge in [0, 0.05) is 20.8 Å². The van der Waals surface area contributed by atoms with Gasteiger partial charge in [-0.1, -0.05) is 13.0 Å². The smallest absolute Gasteiger partial charge is 0.303 e. The van der Waals surface area contributed by atoms with Crippen molar-refractivity contribution in [2.75, 3.05) is 0 Å². The highest BCUT2D eigenvalue weighted by Crippen LogP contribution is 2.31. The summed E-state index contributed by atoms with van der Waals surface area (Å²) in [6.07, 6.45) is -1.07. The van der Waals surface area contributed by atoms with Gasteiger partial charge in [0.05, 0.1) is 6.10 Å². The third-order valence-electron chi connectivity index (χ3n) is 3.44. The van der Waals surface area contributed by atoms with Crippen LogP contribution in [0.2, 0.25) is 0 Å². The average molecular weight is 328 g/mol. The van der Waals surface area contributed by atoms with Gasteiger partial charge in [0.1, 0.15) is 6.10 Å². The summed E-state index contributed by atoms with van der Waals surface area (Å²) in [5, 5.41) is 0. The van der Waals surface area contributed by atoms with Crippen LogP contribution in [-0.2, 0) is 33.3 Å². The summed E-state index contributed by atoms with van der Waals surface area (Å²) in [5.74, 6) is -1.63. The molecule has 0 saturated carbocycles. The Morgan fingerprint density at radius 2 is 1.35 bits per heavy atom. The van der Waals surface area contributed by atoms with Gasteiger partial charge in [-0.25, -0.2) is 0 Å². The Balaban J connectivity index is 3.19. The fraction of sp³-hybridized carbons (Fsp3) is 0.688. The third-order valence-corrected chi connectivity index (χ3v) is 3.44. The van der Waals surface area contributed by atoms with Gasteiger partial charge in [-0.05, 0) is 12.8 Å². The number of ether oxygens (including phenoxy) is 4. The molecule has 0 aromatic rings. The van der Waals surface area contributed by atoms with Crippen molar-refractivity contribution in [2.45, 2.75) is 71.1 Å². The first-order valence-corrected chi connectivity index (χ1v) is 7.58. The van der Waals surface area contributed by atoms with Crippen molar-refractivity contribution in [3.63, 3.8) is 0 Å². The Morgan fingerprint density at radius 3 is 1.74 bits per heavy atom. The molecule has 0 spiro atoms. The van der Waals surface area contributed by atoms with E-state index < -0.39 is 48.4 Å². The zero-order valence-electron chi connectivity index (χ0n) is 13.9. The van der Waals surface area contributed by atoms with Crippen LogP contribution in [0, 0.1) is 0 Å². The second kappa shape index (κ2) is 8.67. The van der Waals surface area contributed by atoms with Crippen LogP contribution in [0.25, 0.3) is 0 Å². The lowest BCUT2D eigenvalue weighted by Crippen LogP contribution is -2.61. The minimum absolute atomic E-state index is 0.402. The number of carbonyl (C=O) groups excluding carboxylic acids is 3. The van der Waals surface area contributed by atoms with E-state index in [9.17, 15) is 14.4 Å². The maximum atomic E-state index is 11.5. The SMILES string of the molecule is C=CC[C@H]1O[C@H](CC)[C@H](OC(C)=O)[C@H](OC(C)=O)[C@H]1OC(C)=O. The van der Waals surface area contributed by atoms with Crippen molar-refractivity contribution in [3.05, 3.63) is 12.7 Å². The fourth-order valence-corrected chi connectivity index (χ4v) is 2.67. The van der Waals surface area contributed by atoms with Crippen LogP contribution >= 0.6 is 0 Å². The number of esters is 3. The molecule has 1 saturated heterocycles. The predicted octanol–water partition coefficient (Wildman–Crippen LogP) is 1.53. The van der Waals surface area contributed by atoms with Crippen LogP contribution in [0.1, 0.15) is 40.5 Å². The first kappa shape index (κ1) is 19.2. The standard InChI is InChI=1S/C16H24O7/c1-6-8-13-15(21-10(4)18)16(22-11(5)19)14(20-9(3)17)12(7-2)23-13/h6,12-16H,1,7-8H2,2-5H3/t12-,13-,14+,15+,16+/m1/s1. The molecule has 5 atom stereocenters. The van der Waals surface area contributed by atoms with Crippen molar-refractivity contribution >= 4 is 17.9 Å². The summed E-state index contributed by atoms with van der Waals surface area (Å²) in [7, 11) is 0. The van der Waals surface area contributed by atoms with E-state index in [2.05, 4.69) is 6.58 Å². The van der Waals surface area contributed by atoms with Crippen LogP contribution in [0.3, 0.4) is 0 Å². The molecule has 0 N–H and O–H groups in total. The Bertz CT molecular complexity index is 459. The molecule has 23 heavy (non-hydrogen) atoms. The van der Waals surface area contributed by atoms with Crippen molar-refractivity contribution < 1.29 is 33.3 Å². The zero-order chi connectivity index (χ0) is 17.6. The molecule has 0 radical (unpaired) electrons. The topological polar surface area (TPSA) is 88.1 Å². The largest absolute Gasteiger partial charge is 0.456 e. The lowest BCUT2D eigenvalue weighted by atomic mass is 9.91. The maximum Gasteiger partial charge on any atom is 0.303 e. The van der Waals surface area contributed by atoms with E-state index in [1.807, 2.05) is 6.92 Å². The second-order valence-corrected chi connectivity index (χ2v) is 5.37. The van der Waals surface area contributed by atoms with E-state index in [0.29, 0.717) is 12.8 Å². The molecular formula is C16H24O7. The summed E-state index contributed by atoms with van der Waals surface area (Å²) in [6.45, 7) is 9.28. The molecular weight excluding hydrogens is 304 g/mol. The molecule has 0 unspecified atom stereocenters. The van der Waals surface area contributed by atoms with Crippen LogP contribution < -0.4 is 0 Å². The summed E-state index contributed by atoms with van der Waals surface area (Å²) < 4.78 is 21.8. The van der Waals surface area contributed by atoms with Gasteiger partial charge in [0.15, 0.2) is 18.3 Å². The minimum atomic E-state index is -0.927. The highest BCUT2D eigenvalue weighted by Gasteiger charge is 2.50.